The first-order chi connectivity index (χ1) is 7.34. The fourth-order valence-electron chi connectivity index (χ4n) is 2.04. The van der Waals surface area contributed by atoms with Crippen LogP contribution in [0, 0.1) is 0 Å². The molecular formula is C12H25NO2. The van der Waals surface area contributed by atoms with Gasteiger partial charge in [0.2, 0.25) is 0 Å². The number of aliphatic hydroxyl groups excluding tert-OH is 1. The summed E-state index contributed by atoms with van der Waals surface area (Å²) in [6.07, 6.45) is 7.21. The molecule has 0 aromatic carbocycles. The van der Waals surface area contributed by atoms with Gasteiger partial charge in [-0.25, -0.2) is 0 Å². The Bertz CT molecular complexity index is 153. The Morgan fingerprint density at radius 2 is 2.07 bits per heavy atom. The van der Waals surface area contributed by atoms with Crippen molar-refractivity contribution in [2.24, 2.45) is 0 Å². The van der Waals surface area contributed by atoms with Gasteiger partial charge in [-0.2, -0.15) is 0 Å². The van der Waals surface area contributed by atoms with E-state index in [0.29, 0.717) is 18.8 Å². The molecule has 2 unspecified atom stereocenters. The number of hydrogen-bond donors (Lipinski definition) is 2. The smallest absolute Gasteiger partial charge is 0.0725 e. The van der Waals surface area contributed by atoms with Gasteiger partial charge in [0, 0.05) is 19.3 Å². The fourth-order valence-corrected chi connectivity index (χ4v) is 2.04. The highest BCUT2D eigenvalue weighted by Gasteiger charge is 2.20. The summed E-state index contributed by atoms with van der Waals surface area (Å²) >= 11 is 0. The topological polar surface area (TPSA) is 41.5 Å². The predicted molar refractivity (Wildman–Crippen MR) is 62.0 cm³/mol. The van der Waals surface area contributed by atoms with Crippen LogP contribution in [-0.2, 0) is 4.74 Å². The summed E-state index contributed by atoms with van der Waals surface area (Å²) in [7, 11) is 0. The minimum absolute atomic E-state index is 0.324. The summed E-state index contributed by atoms with van der Waals surface area (Å²) in [6, 6.07) is 0.510. The predicted octanol–water partition coefficient (Wildman–Crippen LogP) is 1.70. The summed E-state index contributed by atoms with van der Waals surface area (Å²) in [6.45, 7) is 4.54. The molecule has 0 radical (unpaired) electrons. The fraction of sp³-hybridized carbons (Fsp3) is 1.00. The minimum Gasteiger partial charge on any atom is -0.396 e. The van der Waals surface area contributed by atoms with Crippen LogP contribution in [0.2, 0.25) is 0 Å². The van der Waals surface area contributed by atoms with Crippen LogP contribution in [-0.4, -0.2) is 37.0 Å². The van der Waals surface area contributed by atoms with Crippen molar-refractivity contribution in [3.8, 4) is 0 Å². The van der Waals surface area contributed by atoms with E-state index >= 15 is 0 Å². The highest BCUT2D eigenvalue weighted by atomic mass is 16.5. The number of aliphatic hydroxyl groups is 1. The Hall–Kier alpha value is -0.120. The third-order valence-corrected chi connectivity index (χ3v) is 3.07. The molecule has 1 aliphatic heterocycles. The third-order valence-electron chi connectivity index (χ3n) is 3.07. The van der Waals surface area contributed by atoms with E-state index < -0.39 is 0 Å². The number of unbranched alkanes of at least 4 members (excludes halogenated alkanes) is 3. The SMILES string of the molecule is CC1NCCCC1OCCCCCCO. The van der Waals surface area contributed by atoms with Gasteiger partial charge in [0.25, 0.3) is 0 Å². The van der Waals surface area contributed by atoms with E-state index in [1.807, 2.05) is 0 Å². The molecule has 1 aliphatic rings. The molecule has 0 aromatic heterocycles. The van der Waals surface area contributed by atoms with Crippen molar-refractivity contribution < 1.29 is 9.84 Å². The quantitative estimate of drug-likeness (QED) is 0.635. The zero-order chi connectivity index (χ0) is 10.9. The second kappa shape index (κ2) is 8.08. The molecule has 3 nitrogen and oxygen atoms in total. The summed E-state index contributed by atoms with van der Waals surface area (Å²) in [5, 5.41) is 12.1. The Kier molecular flexibility index (Phi) is 6.98. The highest BCUT2D eigenvalue weighted by Crippen LogP contribution is 2.13. The van der Waals surface area contributed by atoms with E-state index in [2.05, 4.69) is 12.2 Å². The first-order valence-electron chi connectivity index (χ1n) is 6.30. The molecule has 0 saturated carbocycles. The van der Waals surface area contributed by atoms with Crippen LogP contribution in [0.3, 0.4) is 0 Å². The van der Waals surface area contributed by atoms with Crippen molar-refractivity contribution in [1.29, 1.82) is 0 Å². The van der Waals surface area contributed by atoms with Crippen molar-refractivity contribution in [1.82, 2.24) is 5.32 Å². The molecule has 2 N–H and O–H groups in total. The van der Waals surface area contributed by atoms with Crippen LogP contribution in [0.1, 0.15) is 45.4 Å². The van der Waals surface area contributed by atoms with Gasteiger partial charge in [-0.1, -0.05) is 12.8 Å². The maximum Gasteiger partial charge on any atom is 0.0725 e. The standard InChI is InChI=1S/C12H25NO2/c1-11-12(7-6-8-13-11)15-10-5-3-2-4-9-14/h11-14H,2-10H2,1H3. The van der Waals surface area contributed by atoms with Crippen LogP contribution in [0.5, 0.6) is 0 Å². The lowest BCUT2D eigenvalue weighted by atomic mass is 10.0. The van der Waals surface area contributed by atoms with Crippen molar-refractivity contribution in [3.63, 3.8) is 0 Å². The van der Waals surface area contributed by atoms with E-state index in [1.165, 1.54) is 19.3 Å². The van der Waals surface area contributed by atoms with Crippen LogP contribution < -0.4 is 5.32 Å². The molecule has 1 saturated heterocycles. The highest BCUT2D eigenvalue weighted by molar-refractivity contribution is 4.77. The van der Waals surface area contributed by atoms with Crippen LogP contribution in [0.25, 0.3) is 0 Å². The van der Waals surface area contributed by atoms with Crippen molar-refractivity contribution in [3.05, 3.63) is 0 Å². The van der Waals surface area contributed by atoms with Crippen LogP contribution >= 0.6 is 0 Å². The minimum atomic E-state index is 0.324. The van der Waals surface area contributed by atoms with E-state index in [1.54, 1.807) is 0 Å². The summed E-state index contributed by atoms with van der Waals surface area (Å²) < 4.78 is 5.85. The molecule has 0 amide bonds. The molecular weight excluding hydrogens is 190 g/mol. The van der Waals surface area contributed by atoms with Gasteiger partial charge >= 0.3 is 0 Å². The number of piperidine rings is 1. The largest absolute Gasteiger partial charge is 0.396 e. The van der Waals surface area contributed by atoms with Crippen LogP contribution in [0.15, 0.2) is 0 Å². The summed E-state index contributed by atoms with van der Waals surface area (Å²) in [5.41, 5.74) is 0. The molecule has 0 bridgehead atoms. The first-order valence-corrected chi connectivity index (χ1v) is 6.30. The normalized spacial score (nSPS) is 26.8. The summed E-state index contributed by atoms with van der Waals surface area (Å²) in [5.74, 6) is 0. The second-order valence-corrected chi connectivity index (χ2v) is 4.43. The van der Waals surface area contributed by atoms with E-state index in [-0.39, 0.29) is 0 Å². The molecule has 15 heavy (non-hydrogen) atoms. The monoisotopic (exact) mass is 215 g/mol. The Labute approximate surface area is 93.2 Å². The zero-order valence-corrected chi connectivity index (χ0v) is 9.87. The van der Waals surface area contributed by atoms with E-state index in [9.17, 15) is 0 Å². The first kappa shape index (κ1) is 12.9. The molecule has 1 heterocycles. The lowest BCUT2D eigenvalue weighted by Crippen LogP contribution is -2.44. The van der Waals surface area contributed by atoms with Crippen molar-refractivity contribution in [2.45, 2.75) is 57.6 Å². The molecule has 0 aliphatic carbocycles. The van der Waals surface area contributed by atoms with Gasteiger partial charge < -0.3 is 15.2 Å². The van der Waals surface area contributed by atoms with Gasteiger partial charge in [-0.3, -0.25) is 0 Å². The molecule has 3 heteroatoms. The lowest BCUT2D eigenvalue weighted by Gasteiger charge is -2.29. The molecule has 1 rings (SSSR count). The molecule has 2 atom stereocenters. The van der Waals surface area contributed by atoms with Gasteiger partial charge in [0.05, 0.1) is 6.10 Å². The van der Waals surface area contributed by atoms with Crippen LogP contribution in [0.4, 0.5) is 0 Å². The average molecular weight is 215 g/mol. The number of nitrogens with one attached hydrogen (secondary N) is 1. The molecule has 0 aromatic rings. The van der Waals surface area contributed by atoms with Gasteiger partial charge in [0.15, 0.2) is 0 Å². The maximum absolute atomic E-state index is 8.62. The number of ether oxygens (including phenoxy) is 1. The zero-order valence-electron chi connectivity index (χ0n) is 9.87. The van der Waals surface area contributed by atoms with Crippen molar-refractivity contribution >= 4 is 0 Å². The Balaban J connectivity index is 1.94. The van der Waals surface area contributed by atoms with Gasteiger partial charge in [0.1, 0.15) is 0 Å². The molecule has 1 fully saturated rings. The number of hydrogen-bond acceptors (Lipinski definition) is 3. The lowest BCUT2D eigenvalue weighted by molar-refractivity contribution is 0.0107. The Morgan fingerprint density at radius 3 is 2.80 bits per heavy atom. The van der Waals surface area contributed by atoms with Gasteiger partial charge in [-0.05, 0) is 39.2 Å². The second-order valence-electron chi connectivity index (χ2n) is 4.43. The molecule has 90 valence electrons. The van der Waals surface area contributed by atoms with Crippen molar-refractivity contribution in [2.75, 3.05) is 19.8 Å². The number of rotatable bonds is 7. The average Bonchev–Trinajstić information content (AvgIpc) is 2.25. The van der Waals surface area contributed by atoms with E-state index in [4.69, 9.17) is 9.84 Å². The van der Waals surface area contributed by atoms with Gasteiger partial charge in [-0.15, -0.1) is 0 Å². The third kappa shape index (κ3) is 5.50. The Morgan fingerprint density at radius 1 is 1.27 bits per heavy atom. The molecule has 0 spiro atoms. The summed E-state index contributed by atoms with van der Waals surface area (Å²) in [4.78, 5) is 0. The van der Waals surface area contributed by atoms with E-state index in [0.717, 1.165) is 32.4 Å². The maximum atomic E-state index is 8.62.